The molecule has 0 spiro atoms. The van der Waals surface area contributed by atoms with E-state index in [-0.39, 0.29) is 5.88 Å². The first-order chi connectivity index (χ1) is 9.65. The number of aromatic amines is 1. The number of aryl methyl sites for hydroxylation is 1. The Labute approximate surface area is 121 Å². The van der Waals surface area contributed by atoms with Gasteiger partial charge in [0.2, 0.25) is 5.88 Å². The van der Waals surface area contributed by atoms with Crippen molar-refractivity contribution in [3.63, 3.8) is 0 Å². The molecule has 0 aliphatic heterocycles. The number of benzene rings is 1. The van der Waals surface area contributed by atoms with Crippen molar-refractivity contribution in [2.75, 3.05) is 0 Å². The van der Waals surface area contributed by atoms with E-state index in [1.807, 2.05) is 37.3 Å². The molecular weight excluding hydrogens is 274 g/mol. The van der Waals surface area contributed by atoms with Crippen LogP contribution in [0.1, 0.15) is 5.69 Å². The number of aromatic nitrogens is 3. The molecule has 0 atom stereocenters. The Morgan fingerprint density at radius 2 is 2.00 bits per heavy atom. The van der Waals surface area contributed by atoms with Crippen LogP contribution in [0, 0.1) is 6.92 Å². The fraction of sp³-hybridized carbons (Fsp3) is 0.0667. The number of H-pyrrole nitrogens is 1. The summed E-state index contributed by atoms with van der Waals surface area (Å²) in [6.07, 6.45) is 1.63. The lowest BCUT2D eigenvalue weighted by molar-refractivity contribution is 0.453. The minimum atomic E-state index is -0.000737. The summed E-state index contributed by atoms with van der Waals surface area (Å²) >= 11 is 6.04. The molecular formula is C15H12ClN3O. The van der Waals surface area contributed by atoms with E-state index in [0.29, 0.717) is 5.02 Å². The second kappa shape index (κ2) is 4.98. The molecule has 0 radical (unpaired) electrons. The number of nitrogens with one attached hydrogen (secondary N) is 1. The number of hydrogen-bond donors (Lipinski definition) is 2. The maximum Gasteiger partial charge on any atom is 0.210 e. The highest BCUT2D eigenvalue weighted by Crippen LogP contribution is 2.33. The molecule has 0 saturated heterocycles. The molecule has 0 aliphatic rings. The standard InChI is InChI=1S/C15H12ClN3O/c1-9-14(11-5-6-13(20)17-8-11)15(19-18-9)10-3-2-4-12(16)7-10/h2-8H,1H3,(H,17,20)(H,18,19). The number of nitrogens with zero attached hydrogens (tertiary/aromatic N) is 2. The van der Waals surface area contributed by atoms with Crippen LogP contribution in [0.15, 0.2) is 42.6 Å². The summed E-state index contributed by atoms with van der Waals surface area (Å²) in [5, 5.41) is 17.3. The van der Waals surface area contributed by atoms with Crippen LogP contribution in [0.5, 0.6) is 5.88 Å². The van der Waals surface area contributed by atoms with Crippen LogP contribution in [0.2, 0.25) is 5.02 Å². The van der Waals surface area contributed by atoms with Gasteiger partial charge in [-0.15, -0.1) is 0 Å². The van der Waals surface area contributed by atoms with Gasteiger partial charge in [-0.3, -0.25) is 5.10 Å². The van der Waals surface area contributed by atoms with Gasteiger partial charge in [0.05, 0.1) is 11.4 Å². The summed E-state index contributed by atoms with van der Waals surface area (Å²) in [5.74, 6) is -0.000737. The Morgan fingerprint density at radius 3 is 2.70 bits per heavy atom. The molecule has 100 valence electrons. The lowest BCUT2D eigenvalue weighted by Gasteiger charge is -2.05. The third-order valence-electron chi connectivity index (χ3n) is 3.10. The second-order valence-electron chi connectivity index (χ2n) is 4.47. The van der Waals surface area contributed by atoms with Crippen molar-refractivity contribution >= 4 is 11.6 Å². The quantitative estimate of drug-likeness (QED) is 0.753. The Balaban J connectivity index is 2.17. The fourth-order valence-electron chi connectivity index (χ4n) is 2.17. The second-order valence-corrected chi connectivity index (χ2v) is 4.91. The Hall–Kier alpha value is -2.33. The summed E-state index contributed by atoms with van der Waals surface area (Å²) in [6.45, 7) is 1.92. The first-order valence-corrected chi connectivity index (χ1v) is 6.49. The predicted molar refractivity (Wildman–Crippen MR) is 78.7 cm³/mol. The van der Waals surface area contributed by atoms with Crippen molar-refractivity contribution in [1.82, 2.24) is 15.2 Å². The van der Waals surface area contributed by atoms with E-state index in [1.165, 1.54) is 0 Å². The zero-order valence-corrected chi connectivity index (χ0v) is 11.5. The SMILES string of the molecule is Cc1n[nH]c(-c2cccc(Cl)c2)c1-c1ccc(O)nc1. The van der Waals surface area contributed by atoms with E-state index in [9.17, 15) is 5.11 Å². The molecule has 2 aromatic heterocycles. The summed E-state index contributed by atoms with van der Waals surface area (Å²) in [6, 6.07) is 10.9. The molecule has 0 bridgehead atoms. The van der Waals surface area contributed by atoms with E-state index in [4.69, 9.17) is 11.6 Å². The van der Waals surface area contributed by atoms with E-state index in [0.717, 1.165) is 28.1 Å². The number of pyridine rings is 1. The third-order valence-corrected chi connectivity index (χ3v) is 3.33. The maximum absolute atomic E-state index is 9.29. The Kier molecular flexibility index (Phi) is 3.16. The van der Waals surface area contributed by atoms with Gasteiger partial charge in [-0.1, -0.05) is 23.7 Å². The molecule has 5 heteroatoms. The molecule has 4 nitrogen and oxygen atoms in total. The van der Waals surface area contributed by atoms with Crippen molar-refractivity contribution in [3.05, 3.63) is 53.3 Å². The average molecular weight is 286 g/mol. The fourth-order valence-corrected chi connectivity index (χ4v) is 2.36. The van der Waals surface area contributed by atoms with Gasteiger partial charge in [0.25, 0.3) is 0 Å². The topological polar surface area (TPSA) is 61.8 Å². The minimum Gasteiger partial charge on any atom is -0.493 e. The van der Waals surface area contributed by atoms with Gasteiger partial charge in [0.15, 0.2) is 0 Å². The van der Waals surface area contributed by atoms with Gasteiger partial charge in [-0.05, 0) is 25.1 Å². The summed E-state index contributed by atoms with van der Waals surface area (Å²) in [4.78, 5) is 3.92. The van der Waals surface area contributed by atoms with Crippen LogP contribution in [-0.4, -0.2) is 20.3 Å². The normalized spacial score (nSPS) is 10.7. The van der Waals surface area contributed by atoms with E-state index < -0.39 is 0 Å². The Morgan fingerprint density at radius 1 is 1.15 bits per heavy atom. The van der Waals surface area contributed by atoms with Crippen LogP contribution in [-0.2, 0) is 0 Å². The molecule has 0 aliphatic carbocycles. The predicted octanol–water partition coefficient (Wildman–Crippen LogP) is 3.81. The summed E-state index contributed by atoms with van der Waals surface area (Å²) in [7, 11) is 0. The highest BCUT2D eigenvalue weighted by molar-refractivity contribution is 6.30. The number of halogens is 1. The molecule has 20 heavy (non-hydrogen) atoms. The van der Waals surface area contributed by atoms with Gasteiger partial charge >= 0.3 is 0 Å². The maximum atomic E-state index is 9.29. The average Bonchev–Trinajstić information content (AvgIpc) is 2.82. The van der Waals surface area contributed by atoms with Crippen LogP contribution in [0.25, 0.3) is 22.4 Å². The molecule has 0 amide bonds. The van der Waals surface area contributed by atoms with Crippen molar-refractivity contribution in [2.24, 2.45) is 0 Å². The number of aromatic hydroxyl groups is 1. The molecule has 0 fully saturated rings. The van der Waals surface area contributed by atoms with Gasteiger partial charge in [-0.25, -0.2) is 4.98 Å². The van der Waals surface area contributed by atoms with Gasteiger partial charge in [0, 0.05) is 34.0 Å². The monoisotopic (exact) mass is 285 g/mol. The van der Waals surface area contributed by atoms with Crippen molar-refractivity contribution < 1.29 is 5.11 Å². The van der Waals surface area contributed by atoms with E-state index in [2.05, 4.69) is 15.2 Å². The van der Waals surface area contributed by atoms with Crippen molar-refractivity contribution in [3.8, 4) is 28.3 Å². The smallest absolute Gasteiger partial charge is 0.210 e. The molecule has 2 heterocycles. The molecule has 1 aromatic carbocycles. The minimum absolute atomic E-state index is 0.000737. The molecule has 0 saturated carbocycles. The lowest BCUT2D eigenvalue weighted by Crippen LogP contribution is -1.85. The zero-order chi connectivity index (χ0) is 14.1. The van der Waals surface area contributed by atoms with Gasteiger partial charge in [-0.2, -0.15) is 5.10 Å². The van der Waals surface area contributed by atoms with Gasteiger partial charge < -0.3 is 5.11 Å². The lowest BCUT2D eigenvalue weighted by atomic mass is 10.0. The van der Waals surface area contributed by atoms with Crippen LogP contribution >= 0.6 is 11.6 Å². The zero-order valence-electron chi connectivity index (χ0n) is 10.8. The number of hydrogen-bond acceptors (Lipinski definition) is 3. The Bertz CT molecular complexity index is 750. The largest absolute Gasteiger partial charge is 0.493 e. The van der Waals surface area contributed by atoms with Gasteiger partial charge in [0.1, 0.15) is 0 Å². The highest BCUT2D eigenvalue weighted by atomic mass is 35.5. The number of rotatable bonds is 2. The van der Waals surface area contributed by atoms with Crippen molar-refractivity contribution in [2.45, 2.75) is 6.92 Å². The van der Waals surface area contributed by atoms with Crippen LogP contribution in [0.3, 0.4) is 0 Å². The molecule has 3 rings (SSSR count). The summed E-state index contributed by atoms with van der Waals surface area (Å²) in [5.41, 5.74) is 4.56. The van der Waals surface area contributed by atoms with E-state index >= 15 is 0 Å². The van der Waals surface area contributed by atoms with Crippen LogP contribution in [0.4, 0.5) is 0 Å². The molecule has 0 unspecified atom stereocenters. The molecule has 3 aromatic rings. The summed E-state index contributed by atoms with van der Waals surface area (Å²) < 4.78 is 0. The first kappa shape index (κ1) is 12.7. The third kappa shape index (κ3) is 2.26. The molecule has 2 N–H and O–H groups in total. The van der Waals surface area contributed by atoms with Crippen molar-refractivity contribution in [1.29, 1.82) is 0 Å². The van der Waals surface area contributed by atoms with Crippen LogP contribution < -0.4 is 0 Å². The first-order valence-electron chi connectivity index (χ1n) is 6.11. The van der Waals surface area contributed by atoms with E-state index in [1.54, 1.807) is 12.3 Å². The highest BCUT2D eigenvalue weighted by Gasteiger charge is 2.14.